The van der Waals surface area contributed by atoms with E-state index in [0.717, 1.165) is 35.3 Å². The minimum atomic E-state index is 0.725. The molecular weight excluding hydrogens is 268 g/mol. The van der Waals surface area contributed by atoms with Gasteiger partial charge >= 0.3 is 0 Å². The van der Waals surface area contributed by atoms with Crippen LogP contribution in [0.2, 0.25) is 5.02 Å². The van der Waals surface area contributed by atoms with E-state index in [4.69, 9.17) is 16.3 Å². The monoisotopic (exact) mass is 282 g/mol. The summed E-state index contributed by atoms with van der Waals surface area (Å²) in [6.45, 7) is 2.40. The van der Waals surface area contributed by atoms with Gasteiger partial charge in [-0.15, -0.1) is 11.3 Å². The van der Waals surface area contributed by atoms with Crippen LogP contribution >= 0.6 is 22.9 Å². The number of nitrogens with one attached hydrogen (secondary N) is 1. The van der Waals surface area contributed by atoms with Crippen LogP contribution in [0.25, 0.3) is 10.6 Å². The van der Waals surface area contributed by atoms with E-state index in [9.17, 15) is 0 Å². The lowest BCUT2D eigenvalue weighted by Gasteiger charge is -2.00. The minimum absolute atomic E-state index is 0.725. The number of hydrogen-bond donors (Lipinski definition) is 1. The van der Waals surface area contributed by atoms with Gasteiger partial charge < -0.3 is 10.1 Å². The minimum Gasteiger partial charge on any atom is -0.383 e. The first-order valence-electron chi connectivity index (χ1n) is 5.70. The Morgan fingerprint density at radius 2 is 2.11 bits per heavy atom. The molecule has 1 aromatic carbocycles. The predicted molar refractivity (Wildman–Crippen MR) is 76.1 cm³/mol. The van der Waals surface area contributed by atoms with E-state index in [1.54, 1.807) is 18.4 Å². The van der Waals surface area contributed by atoms with Crippen LogP contribution in [0.3, 0.4) is 0 Å². The Hall–Kier alpha value is -0.940. The molecule has 0 bridgehead atoms. The Labute approximate surface area is 116 Å². The summed E-state index contributed by atoms with van der Waals surface area (Å²) in [6.07, 6.45) is 1.91. The first-order valence-corrected chi connectivity index (χ1v) is 6.89. The largest absolute Gasteiger partial charge is 0.383 e. The van der Waals surface area contributed by atoms with Crippen molar-refractivity contribution >= 4 is 22.9 Å². The zero-order valence-electron chi connectivity index (χ0n) is 10.1. The fraction of sp³-hybridized carbons (Fsp3) is 0.308. The summed E-state index contributed by atoms with van der Waals surface area (Å²) < 4.78 is 4.98. The number of methoxy groups -OCH3 is 1. The standard InChI is InChI=1S/C13H15ClN2OS/c1-17-7-6-15-8-12-9-16-13(18-12)10-2-4-11(14)5-3-10/h2-5,9,15H,6-8H2,1H3. The number of ether oxygens (including phenoxy) is 1. The number of rotatable bonds is 6. The highest BCUT2D eigenvalue weighted by Crippen LogP contribution is 2.26. The molecule has 0 saturated heterocycles. The Morgan fingerprint density at radius 1 is 1.33 bits per heavy atom. The van der Waals surface area contributed by atoms with Crippen LogP contribution in [0.15, 0.2) is 30.5 Å². The number of benzene rings is 1. The zero-order chi connectivity index (χ0) is 12.8. The van der Waals surface area contributed by atoms with Gasteiger partial charge in [-0.2, -0.15) is 0 Å². The number of halogens is 1. The number of hydrogen-bond acceptors (Lipinski definition) is 4. The third-order valence-electron chi connectivity index (χ3n) is 2.43. The Kier molecular flexibility index (Phi) is 5.13. The number of nitrogens with zero attached hydrogens (tertiary/aromatic N) is 1. The van der Waals surface area contributed by atoms with Crippen LogP contribution < -0.4 is 5.32 Å². The predicted octanol–water partition coefficient (Wildman–Crippen LogP) is 3.20. The van der Waals surface area contributed by atoms with Crippen molar-refractivity contribution in [2.45, 2.75) is 6.54 Å². The topological polar surface area (TPSA) is 34.1 Å². The van der Waals surface area contributed by atoms with Gasteiger partial charge in [-0.25, -0.2) is 4.98 Å². The fourth-order valence-corrected chi connectivity index (χ4v) is 2.51. The molecular formula is C13H15ClN2OS. The second-order valence-electron chi connectivity index (χ2n) is 3.81. The second kappa shape index (κ2) is 6.85. The molecule has 0 aliphatic rings. The average molecular weight is 283 g/mol. The lowest BCUT2D eigenvalue weighted by molar-refractivity contribution is 0.199. The van der Waals surface area contributed by atoms with Crippen molar-refractivity contribution < 1.29 is 4.74 Å². The van der Waals surface area contributed by atoms with Crippen molar-refractivity contribution in [3.63, 3.8) is 0 Å². The van der Waals surface area contributed by atoms with Crippen molar-refractivity contribution in [1.29, 1.82) is 0 Å². The van der Waals surface area contributed by atoms with Crippen LogP contribution in [0.4, 0.5) is 0 Å². The molecule has 0 atom stereocenters. The molecule has 0 radical (unpaired) electrons. The molecule has 0 spiro atoms. The molecule has 96 valence electrons. The van der Waals surface area contributed by atoms with E-state index >= 15 is 0 Å². The molecule has 18 heavy (non-hydrogen) atoms. The van der Waals surface area contributed by atoms with Gasteiger partial charge in [0.15, 0.2) is 0 Å². The third-order valence-corrected chi connectivity index (χ3v) is 3.73. The Bertz CT molecular complexity index is 484. The van der Waals surface area contributed by atoms with E-state index in [-0.39, 0.29) is 0 Å². The maximum absolute atomic E-state index is 5.86. The first kappa shape index (κ1) is 13.5. The molecule has 2 rings (SSSR count). The summed E-state index contributed by atoms with van der Waals surface area (Å²) in [5.41, 5.74) is 1.10. The van der Waals surface area contributed by atoms with Gasteiger partial charge in [-0.05, 0) is 12.1 Å². The van der Waals surface area contributed by atoms with Crippen LogP contribution in [0.1, 0.15) is 4.88 Å². The quantitative estimate of drug-likeness (QED) is 0.826. The third kappa shape index (κ3) is 3.78. The van der Waals surface area contributed by atoms with Crippen molar-refractivity contribution in [1.82, 2.24) is 10.3 Å². The summed E-state index contributed by atoms with van der Waals surface area (Å²) in [6, 6.07) is 7.75. The van der Waals surface area contributed by atoms with Crippen LogP contribution in [0.5, 0.6) is 0 Å². The van der Waals surface area contributed by atoms with Gasteiger partial charge in [0, 0.05) is 41.9 Å². The highest BCUT2D eigenvalue weighted by molar-refractivity contribution is 7.15. The molecule has 0 unspecified atom stereocenters. The molecule has 0 saturated carbocycles. The average Bonchev–Trinajstić information content (AvgIpc) is 2.84. The van der Waals surface area contributed by atoms with Crippen LogP contribution in [-0.4, -0.2) is 25.2 Å². The zero-order valence-corrected chi connectivity index (χ0v) is 11.7. The molecule has 0 aliphatic carbocycles. The fourth-order valence-electron chi connectivity index (χ4n) is 1.50. The first-order chi connectivity index (χ1) is 8.79. The number of aromatic nitrogens is 1. The van der Waals surface area contributed by atoms with Crippen molar-refractivity contribution in [3.8, 4) is 10.6 Å². The molecule has 1 aromatic heterocycles. The molecule has 0 aliphatic heterocycles. The summed E-state index contributed by atoms with van der Waals surface area (Å²) in [7, 11) is 1.70. The molecule has 0 fully saturated rings. The number of thiazole rings is 1. The molecule has 5 heteroatoms. The second-order valence-corrected chi connectivity index (χ2v) is 5.36. The van der Waals surface area contributed by atoms with Crippen molar-refractivity contribution in [2.24, 2.45) is 0 Å². The molecule has 2 aromatic rings. The SMILES string of the molecule is COCCNCc1cnc(-c2ccc(Cl)cc2)s1. The van der Waals surface area contributed by atoms with Crippen LogP contribution in [-0.2, 0) is 11.3 Å². The maximum Gasteiger partial charge on any atom is 0.123 e. The summed E-state index contributed by atoms with van der Waals surface area (Å²) in [5.74, 6) is 0. The van der Waals surface area contributed by atoms with Gasteiger partial charge in [-0.1, -0.05) is 23.7 Å². The van der Waals surface area contributed by atoms with Crippen molar-refractivity contribution in [2.75, 3.05) is 20.3 Å². The van der Waals surface area contributed by atoms with Crippen LogP contribution in [0, 0.1) is 0 Å². The molecule has 3 nitrogen and oxygen atoms in total. The van der Waals surface area contributed by atoms with E-state index in [2.05, 4.69) is 10.3 Å². The summed E-state index contributed by atoms with van der Waals surface area (Å²) in [5, 5.41) is 5.07. The van der Waals surface area contributed by atoms with Gasteiger partial charge in [0.05, 0.1) is 6.61 Å². The highest BCUT2D eigenvalue weighted by Gasteiger charge is 2.04. The Morgan fingerprint density at radius 3 is 2.83 bits per heavy atom. The van der Waals surface area contributed by atoms with Gasteiger partial charge in [0.1, 0.15) is 5.01 Å². The van der Waals surface area contributed by atoms with Gasteiger partial charge in [0.25, 0.3) is 0 Å². The smallest absolute Gasteiger partial charge is 0.123 e. The van der Waals surface area contributed by atoms with E-state index in [1.807, 2.05) is 30.5 Å². The lowest BCUT2D eigenvalue weighted by atomic mass is 10.2. The van der Waals surface area contributed by atoms with Crippen molar-refractivity contribution in [3.05, 3.63) is 40.4 Å². The molecule has 1 heterocycles. The Balaban J connectivity index is 1.95. The van der Waals surface area contributed by atoms with Gasteiger partial charge in [-0.3, -0.25) is 0 Å². The highest BCUT2D eigenvalue weighted by atomic mass is 35.5. The molecule has 1 N–H and O–H groups in total. The van der Waals surface area contributed by atoms with E-state index < -0.39 is 0 Å². The summed E-state index contributed by atoms with van der Waals surface area (Å²) >= 11 is 7.56. The normalized spacial score (nSPS) is 10.8. The van der Waals surface area contributed by atoms with E-state index in [1.165, 1.54) is 4.88 Å². The maximum atomic E-state index is 5.86. The lowest BCUT2D eigenvalue weighted by Crippen LogP contribution is -2.17. The summed E-state index contributed by atoms with van der Waals surface area (Å²) in [4.78, 5) is 5.64. The van der Waals surface area contributed by atoms with Gasteiger partial charge in [0.2, 0.25) is 0 Å². The molecule has 0 amide bonds. The van der Waals surface area contributed by atoms with E-state index in [0.29, 0.717) is 0 Å².